The first-order valence-electron chi connectivity index (χ1n) is 10.1. The number of hydrogen-bond donors (Lipinski definition) is 1. The smallest absolute Gasteiger partial charge is 0.405 e. The summed E-state index contributed by atoms with van der Waals surface area (Å²) in [4.78, 5) is 24.2. The van der Waals surface area contributed by atoms with Crippen LogP contribution in [0.2, 0.25) is 5.02 Å². The van der Waals surface area contributed by atoms with Crippen molar-refractivity contribution in [3.63, 3.8) is 0 Å². The number of esters is 1. The Labute approximate surface area is 180 Å². The van der Waals surface area contributed by atoms with Crippen molar-refractivity contribution in [3.8, 4) is 11.5 Å². The van der Waals surface area contributed by atoms with Crippen LogP contribution in [0, 0.1) is 0 Å². The minimum atomic E-state index is -1.26. The van der Waals surface area contributed by atoms with E-state index >= 15 is 0 Å². The molecule has 0 aromatic heterocycles. The SMILES string of the molecule is CCCC(=O)OC(C(=O)O)[N+]1(C)CC2c3ccccc3Oc3ccc(Cl)cc3C2C1. The van der Waals surface area contributed by atoms with Crippen molar-refractivity contribution in [1.82, 2.24) is 0 Å². The fraction of sp³-hybridized carbons (Fsp3) is 0.391. The van der Waals surface area contributed by atoms with E-state index in [1.807, 2.05) is 50.4 Å². The zero-order chi connectivity index (χ0) is 21.5. The van der Waals surface area contributed by atoms with Gasteiger partial charge in [0.2, 0.25) is 0 Å². The van der Waals surface area contributed by atoms with Gasteiger partial charge in [-0.15, -0.1) is 0 Å². The zero-order valence-electron chi connectivity index (χ0n) is 17.0. The number of quaternary nitrogens is 1. The van der Waals surface area contributed by atoms with Crippen molar-refractivity contribution in [2.24, 2.45) is 0 Å². The van der Waals surface area contributed by atoms with Crippen LogP contribution >= 0.6 is 11.6 Å². The molecular weight excluding hydrogens is 406 g/mol. The van der Waals surface area contributed by atoms with Gasteiger partial charge >= 0.3 is 18.2 Å². The lowest BCUT2D eigenvalue weighted by molar-refractivity contribution is -0.933. The highest BCUT2D eigenvalue weighted by Crippen LogP contribution is 2.52. The fourth-order valence-corrected chi connectivity index (χ4v) is 4.96. The number of carboxylic acids is 1. The Hall–Kier alpha value is -2.57. The molecule has 0 bridgehead atoms. The number of carboxylic acid groups (broad SMARTS) is 1. The highest BCUT2D eigenvalue weighted by molar-refractivity contribution is 6.30. The third kappa shape index (κ3) is 3.66. The van der Waals surface area contributed by atoms with Gasteiger partial charge < -0.3 is 14.6 Å². The largest absolute Gasteiger partial charge is 0.474 e. The Bertz CT molecular complexity index is 993. The summed E-state index contributed by atoms with van der Waals surface area (Å²) in [5.41, 5.74) is 1.98. The van der Waals surface area contributed by atoms with E-state index in [0.29, 0.717) is 24.5 Å². The third-order valence-corrected chi connectivity index (χ3v) is 6.33. The van der Waals surface area contributed by atoms with Crippen molar-refractivity contribution >= 4 is 23.5 Å². The first kappa shape index (κ1) is 20.7. The summed E-state index contributed by atoms with van der Waals surface area (Å²) >= 11 is 6.30. The number of halogens is 1. The topological polar surface area (TPSA) is 72.8 Å². The molecule has 2 aliphatic rings. The maximum absolute atomic E-state index is 12.1. The molecule has 0 amide bonds. The second kappa shape index (κ2) is 7.93. The lowest BCUT2D eigenvalue weighted by atomic mass is 9.84. The Balaban J connectivity index is 1.77. The summed E-state index contributed by atoms with van der Waals surface area (Å²) in [7, 11) is 1.85. The average molecular weight is 431 g/mol. The molecular formula is C23H25ClNO5+. The Morgan fingerprint density at radius 3 is 2.53 bits per heavy atom. The van der Waals surface area contributed by atoms with E-state index in [2.05, 4.69) is 0 Å². The zero-order valence-corrected chi connectivity index (χ0v) is 17.8. The monoisotopic (exact) mass is 430 g/mol. The van der Waals surface area contributed by atoms with Gasteiger partial charge in [-0.25, -0.2) is 4.79 Å². The van der Waals surface area contributed by atoms with E-state index < -0.39 is 18.2 Å². The Morgan fingerprint density at radius 1 is 1.17 bits per heavy atom. The van der Waals surface area contributed by atoms with E-state index in [9.17, 15) is 14.7 Å². The highest BCUT2D eigenvalue weighted by atomic mass is 35.5. The summed E-state index contributed by atoms with van der Waals surface area (Å²) in [5.74, 6) is -0.131. The van der Waals surface area contributed by atoms with Crippen molar-refractivity contribution < 1.29 is 28.7 Å². The van der Waals surface area contributed by atoms with Crippen molar-refractivity contribution in [2.75, 3.05) is 20.1 Å². The van der Waals surface area contributed by atoms with Gasteiger partial charge in [-0.1, -0.05) is 36.7 Å². The third-order valence-electron chi connectivity index (χ3n) is 6.10. The van der Waals surface area contributed by atoms with Gasteiger partial charge in [0.05, 0.1) is 20.1 Å². The van der Waals surface area contributed by atoms with Crippen molar-refractivity contribution in [2.45, 2.75) is 37.8 Å². The van der Waals surface area contributed by atoms with Crippen LogP contribution in [0.5, 0.6) is 11.5 Å². The highest BCUT2D eigenvalue weighted by Gasteiger charge is 2.54. The molecule has 30 heavy (non-hydrogen) atoms. The molecule has 4 atom stereocenters. The van der Waals surface area contributed by atoms with Gasteiger partial charge in [-0.2, -0.15) is 0 Å². The molecule has 1 N–H and O–H groups in total. The number of hydrogen-bond acceptors (Lipinski definition) is 4. The van der Waals surface area contributed by atoms with Crippen LogP contribution in [-0.2, 0) is 14.3 Å². The minimum absolute atomic E-state index is 0.0117. The molecule has 0 radical (unpaired) electrons. The molecule has 4 rings (SSSR count). The van der Waals surface area contributed by atoms with Crippen molar-refractivity contribution in [1.29, 1.82) is 0 Å². The lowest BCUT2D eigenvalue weighted by Crippen LogP contribution is -2.56. The van der Waals surface area contributed by atoms with Crippen LogP contribution in [0.25, 0.3) is 0 Å². The van der Waals surface area contributed by atoms with Crippen molar-refractivity contribution in [3.05, 3.63) is 58.6 Å². The molecule has 0 aliphatic carbocycles. The van der Waals surface area contributed by atoms with Gasteiger partial charge in [0, 0.05) is 34.4 Å². The number of rotatable bonds is 5. The van der Waals surface area contributed by atoms with Gasteiger partial charge in [0.15, 0.2) is 0 Å². The molecule has 0 spiro atoms. The van der Waals surface area contributed by atoms with Gasteiger partial charge in [0.25, 0.3) is 0 Å². The van der Waals surface area contributed by atoms with Gasteiger partial charge in [-0.05, 0) is 30.7 Å². The molecule has 7 heteroatoms. The lowest BCUT2D eigenvalue weighted by Gasteiger charge is -2.34. The molecule has 1 saturated heterocycles. The van der Waals surface area contributed by atoms with E-state index in [-0.39, 0.29) is 22.7 Å². The van der Waals surface area contributed by atoms with E-state index in [1.165, 1.54) is 0 Å². The Morgan fingerprint density at radius 2 is 1.83 bits per heavy atom. The molecule has 2 heterocycles. The summed E-state index contributed by atoms with van der Waals surface area (Å²) in [6.07, 6.45) is -0.450. The Kier molecular flexibility index (Phi) is 5.47. The van der Waals surface area contributed by atoms with Gasteiger partial charge in [0.1, 0.15) is 11.5 Å². The van der Waals surface area contributed by atoms with Crippen LogP contribution < -0.4 is 4.74 Å². The van der Waals surface area contributed by atoms with Crippen LogP contribution in [0.15, 0.2) is 42.5 Å². The first-order chi connectivity index (χ1) is 14.3. The molecule has 6 nitrogen and oxygen atoms in total. The average Bonchev–Trinajstić information content (AvgIpc) is 3.00. The standard InChI is InChI=1S/C23H24ClNO5/c1-3-6-21(26)30-22(23(27)28)25(2)12-17-15-7-4-5-8-19(15)29-20-10-9-14(24)11-16(20)18(17)13-25/h4-5,7-11,17-18,22H,3,6,12-13H2,1-2H3/p+1. The van der Waals surface area contributed by atoms with Crippen LogP contribution in [0.1, 0.15) is 42.7 Å². The van der Waals surface area contributed by atoms with E-state index in [0.717, 1.165) is 22.6 Å². The number of para-hydroxylation sites is 1. The summed E-state index contributed by atoms with van der Waals surface area (Å²) in [6.45, 7) is 2.86. The number of likely N-dealkylation sites (N-methyl/N-ethyl adjacent to an activating group) is 1. The molecule has 2 aliphatic heterocycles. The molecule has 1 fully saturated rings. The maximum Gasteiger partial charge on any atom is 0.405 e. The second-order valence-electron chi connectivity index (χ2n) is 8.31. The number of nitrogens with zero attached hydrogens (tertiary/aromatic N) is 1. The predicted octanol–water partition coefficient (Wildman–Crippen LogP) is 4.53. The van der Waals surface area contributed by atoms with Gasteiger partial charge in [-0.3, -0.25) is 9.28 Å². The number of likely N-dealkylation sites (tertiary alicyclic amines) is 1. The number of carbonyl (C=O) groups excluding carboxylic acids is 1. The molecule has 4 unspecified atom stereocenters. The molecule has 2 aromatic rings. The van der Waals surface area contributed by atoms with Crippen LogP contribution in [0.4, 0.5) is 0 Å². The molecule has 158 valence electrons. The number of carbonyl (C=O) groups is 2. The molecule has 0 saturated carbocycles. The summed E-state index contributed by atoms with van der Waals surface area (Å²) in [6, 6.07) is 13.4. The number of ether oxygens (including phenoxy) is 2. The summed E-state index contributed by atoms with van der Waals surface area (Å²) < 4.78 is 11.7. The van der Waals surface area contributed by atoms with E-state index in [4.69, 9.17) is 21.1 Å². The van der Waals surface area contributed by atoms with E-state index in [1.54, 1.807) is 6.07 Å². The fourth-order valence-electron chi connectivity index (χ4n) is 4.78. The molecule has 2 aromatic carbocycles. The number of aliphatic carboxylic acids is 1. The summed E-state index contributed by atoms with van der Waals surface area (Å²) in [5, 5.41) is 10.5. The second-order valence-corrected chi connectivity index (χ2v) is 8.75. The minimum Gasteiger partial charge on any atom is -0.474 e. The van der Waals surface area contributed by atoms with Crippen LogP contribution in [0.3, 0.4) is 0 Å². The maximum atomic E-state index is 12.1. The quantitative estimate of drug-likeness (QED) is 0.557. The normalized spacial score (nSPS) is 25.2. The number of fused-ring (bicyclic) bond motifs is 5. The first-order valence-corrected chi connectivity index (χ1v) is 10.5. The number of benzene rings is 2. The van der Waals surface area contributed by atoms with Crippen LogP contribution in [-0.4, -0.2) is 47.9 Å². The predicted molar refractivity (Wildman–Crippen MR) is 112 cm³/mol.